The highest BCUT2D eigenvalue weighted by Gasteiger charge is 2.00. The maximum Gasteiger partial charge on any atom is 0.126 e. The third-order valence-electron chi connectivity index (χ3n) is 2.06. The van der Waals surface area contributed by atoms with Crippen LogP contribution in [0.2, 0.25) is 0 Å². The summed E-state index contributed by atoms with van der Waals surface area (Å²) in [6.07, 6.45) is 2.92. The molecule has 0 N–H and O–H groups in total. The lowest BCUT2D eigenvalue weighted by Crippen LogP contribution is -1.81. The van der Waals surface area contributed by atoms with Gasteiger partial charge in [0.25, 0.3) is 0 Å². The van der Waals surface area contributed by atoms with E-state index in [2.05, 4.69) is 11.9 Å². The number of allylic oxidation sites excluding steroid dienone is 1. The number of nitrogens with zero attached hydrogens (tertiary/aromatic N) is 1. The molecule has 0 amide bonds. The second-order valence-electron chi connectivity index (χ2n) is 2.96. The predicted molar refractivity (Wildman–Crippen MR) is 56.2 cm³/mol. The van der Waals surface area contributed by atoms with Gasteiger partial charge in [0.05, 0.1) is 5.52 Å². The standard InChI is InChI=1S/C12H9FN/c1-2-11(13)9-5-6-12-10(8-9)4-3-7-14-12/h2-8H,1H2/b11-2+. The van der Waals surface area contributed by atoms with Gasteiger partial charge in [0.2, 0.25) is 0 Å². The predicted octanol–water partition coefficient (Wildman–Crippen LogP) is 3.38. The van der Waals surface area contributed by atoms with E-state index in [-0.39, 0.29) is 5.83 Å². The van der Waals surface area contributed by atoms with E-state index in [4.69, 9.17) is 0 Å². The van der Waals surface area contributed by atoms with Gasteiger partial charge in [-0.1, -0.05) is 6.07 Å². The fourth-order valence-corrected chi connectivity index (χ4v) is 1.34. The van der Waals surface area contributed by atoms with Gasteiger partial charge in [-0.05, 0) is 37.3 Å². The van der Waals surface area contributed by atoms with Crippen LogP contribution in [-0.4, -0.2) is 4.98 Å². The van der Waals surface area contributed by atoms with Gasteiger partial charge >= 0.3 is 0 Å². The Balaban J connectivity index is 2.62. The maximum atomic E-state index is 13.2. The van der Waals surface area contributed by atoms with Gasteiger partial charge in [0.1, 0.15) is 5.83 Å². The van der Waals surface area contributed by atoms with Crippen molar-refractivity contribution < 1.29 is 4.39 Å². The lowest BCUT2D eigenvalue weighted by Gasteiger charge is -1.99. The van der Waals surface area contributed by atoms with Crippen molar-refractivity contribution in [3.8, 4) is 0 Å². The van der Waals surface area contributed by atoms with Crippen LogP contribution >= 0.6 is 0 Å². The van der Waals surface area contributed by atoms with Crippen LogP contribution in [0.1, 0.15) is 5.56 Å². The molecule has 0 aliphatic rings. The number of pyridine rings is 1. The fourth-order valence-electron chi connectivity index (χ4n) is 1.34. The molecule has 0 saturated heterocycles. The first-order valence-corrected chi connectivity index (χ1v) is 4.31. The zero-order valence-electron chi connectivity index (χ0n) is 7.57. The molecule has 0 fully saturated rings. The normalized spacial score (nSPS) is 12.0. The first kappa shape index (κ1) is 8.88. The topological polar surface area (TPSA) is 12.9 Å². The van der Waals surface area contributed by atoms with Crippen LogP contribution in [0.15, 0.2) is 42.6 Å². The summed E-state index contributed by atoms with van der Waals surface area (Å²) in [5, 5.41) is 0.932. The number of fused-ring (bicyclic) bond motifs is 1. The Kier molecular flexibility index (Phi) is 2.27. The van der Waals surface area contributed by atoms with Crippen molar-refractivity contribution in [2.45, 2.75) is 0 Å². The van der Waals surface area contributed by atoms with Gasteiger partial charge in [-0.25, -0.2) is 4.39 Å². The quantitative estimate of drug-likeness (QED) is 0.665. The molecule has 2 heteroatoms. The second kappa shape index (κ2) is 3.58. The average molecular weight is 186 g/mol. The van der Waals surface area contributed by atoms with Crippen molar-refractivity contribution in [1.82, 2.24) is 4.98 Å². The van der Waals surface area contributed by atoms with Crippen LogP contribution in [-0.2, 0) is 0 Å². The van der Waals surface area contributed by atoms with Crippen molar-refractivity contribution in [3.63, 3.8) is 0 Å². The summed E-state index contributed by atoms with van der Waals surface area (Å²) in [5.74, 6) is -0.309. The van der Waals surface area contributed by atoms with E-state index in [1.165, 1.54) is 6.08 Å². The van der Waals surface area contributed by atoms with Crippen molar-refractivity contribution in [1.29, 1.82) is 0 Å². The van der Waals surface area contributed by atoms with Crippen LogP contribution in [0.3, 0.4) is 0 Å². The molecule has 0 bridgehead atoms. The molecule has 1 aromatic carbocycles. The van der Waals surface area contributed by atoms with Gasteiger partial charge in [-0.15, -0.1) is 0 Å². The van der Waals surface area contributed by atoms with Gasteiger partial charge < -0.3 is 0 Å². The Morgan fingerprint density at radius 1 is 1.36 bits per heavy atom. The molecular formula is C12H9FN. The third-order valence-corrected chi connectivity index (χ3v) is 2.06. The zero-order valence-corrected chi connectivity index (χ0v) is 7.57. The first-order chi connectivity index (χ1) is 6.81. The smallest absolute Gasteiger partial charge is 0.126 e. The molecule has 0 aliphatic heterocycles. The molecule has 2 aromatic rings. The molecule has 2 rings (SSSR count). The average Bonchev–Trinajstić information content (AvgIpc) is 2.27. The number of halogens is 1. The number of hydrogen-bond acceptors (Lipinski definition) is 1. The van der Waals surface area contributed by atoms with Crippen molar-refractivity contribution in [2.75, 3.05) is 0 Å². The summed E-state index contributed by atoms with van der Waals surface area (Å²) >= 11 is 0. The van der Waals surface area contributed by atoms with Crippen LogP contribution in [0.4, 0.5) is 4.39 Å². The van der Waals surface area contributed by atoms with Gasteiger partial charge in [-0.3, -0.25) is 4.98 Å². The Hall–Kier alpha value is -1.70. The molecule has 0 aliphatic carbocycles. The van der Waals surface area contributed by atoms with Crippen molar-refractivity contribution in [2.24, 2.45) is 0 Å². The lowest BCUT2D eigenvalue weighted by molar-refractivity contribution is 0.760. The monoisotopic (exact) mass is 186 g/mol. The number of benzene rings is 1. The minimum atomic E-state index is -0.309. The number of aromatic nitrogens is 1. The van der Waals surface area contributed by atoms with Gasteiger partial charge in [-0.2, -0.15) is 0 Å². The summed E-state index contributed by atoms with van der Waals surface area (Å²) in [4.78, 5) is 4.15. The van der Waals surface area contributed by atoms with Crippen LogP contribution < -0.4 is 0 Å². The van der Waals surface area contributed by atoms with E-state index in [0.717, 1.165) is 10.9 Å². The molecule has 1 aromatic heterocycles. The Labute approximate surface area is 81.9 Å². The summed E-state index contributed by atoms with van der Waals surface area (Å²) in [6, 6.07) is 9.00. The van der Waals surface area contributed by atoms with Crippen molar-refractivity contribution >= 4 is 16.7 Å². The lowest BCUT2D eigenvalue weighted by atomic mass is 10.1. The van der Waals surface area contributed by atoms with Crippen LogP contribution in [0, 0.1) is 6.92 Å². The molecule has 0 spiro atoms. The minimum Gasteiger partial charge on any atom is -0.256 e. The first-order valence-electron chi connectivity index (χ1n) is 4.31. The van der Waals surface area contributed by atoms with E-state index < -0.39 is 0 Å². The van der Waals surface area contributed by atoms with Gasteiger partial charge in [0.15, 0.2) is 0 Å². The van der Waals surface area contributed by atoms with E-state index in [0.29, 0.717) is 5.56 Å². The summed E-state index contributed by atoms with van der Waals surface area (Å²) in [6.45, 7) is 3.39. The summed E-state index contributed by atoms with van der Waals surface area (Å²) in [5.41, 5.74) is 1.41. The number of rotatable bonds is 1. The third kappa shape index (κ3) is 1.51. The maximum absolute atomic E-state index is 13.2. The molecule has 1 radical (unpaired) electrons. The number of hydrogen-bond donors (Lipinski definition) is 0. The Morgan fingerprint density at radius 2 is 2.21 bits per heavy atom. The molecule has 14 heavy (non-hydrogen) atoms. The molecule has 1 heterocycles. The molecule has 1 nitrogen and oxygen atoms in total. The highest BCUT2D eigenvalue weighted by molar-refractivity contribution is 5.82. The highest BCUT2D eigenvalue weighted by Crippen LogP contribution is 2.20. The SMILES string of the molecule is [CH2]/C=C(/F)c1ccc2ncccc2c1. The molecule has 69 valence electrons. The van der Waals surface area contributed by atoms with Crippen LogP contribution in [0.5, 0.6) is 0 Å². The second-order valence-corrected chi connectivity index (χ2v) is 2.96. The molecule has 0 saturated carbocycles. The Morgan fingerprint density at radius 3 is 3.00 bits per heavy atom. The highest BCUT2D eigenvalue weighted by atomic mass is 19.1. The molecule has 0 atom stereocenters. The van der Waals surface area contributed by atoms with Gasteiger partial charge in [0, 0.05) is 17.1 Å². The van der Waals surface area contributed by atoms with E-state index in [9.17, 15) is 4.39 Å². The zero-order chi connectivity index (χ0) is 9.97. The summed E-state index contributed by atoms with van der Waals surface area (Å²) in [7, 11) is 0. The van der Waals surface area contributed by atoms with E-state index >= 15 is 0 Å². The van der Waals surface area contributed by atoms with Crippen molar-refractivity contribution in [3.05, 3.63) is 55.1 Å². The molecule has 0 unspecified atom stereocenters. The minimum absolute atomic E-state index is 0.309. The molecular weight excluding hydrogens is 177 g/mol. The Bertz CT molecular complexity index is 488. The van der Waals surface area contributed by atoms with E-state index in [1.807, 2.05) is 12.1 Å². The summed E-state index contributed by atoms with van der Waals surface area (Å²) < 4.78 is 13.2. The fraction of sp³-hybridized carbons (Fsp3) is 0. The van der Waals surface area contributed by atoms with Crippen LogP contribution in [0.25, 0.3) is 16.7 Å². The van der Waals surface area contributed by atoms with E-state index in [1.54, 1.807) is 24.4 Å². The largest absolute Gasteiger partial charge is 0.256 e.